The van der Waals surface area contributed by atoms with Gasteiger partial charge in [0.15, 0.2) is 0 Å². The summed E-state index contributed by atoms with van der Waals surface area (Å²) in [5.74, 6) is 1.75. The monoisotopic (exact) mass is 344 g/mol. The van der Waals surface area contributed by atoms with Crippen LogP contribution in [-0.2, 0) is 5.88 Å². The zero-order chi connectivity index (χ0) is 13.1. The zero-order valence-electron chi connectivity index (χ0n) is 9.71. The Balaban J connectivity index is 2.36. The molecule has 0 atom stereocenters. The Bertz CT molecular complexity index is 570. The largest absolute Gasteiger partial charge is 0.455 e. The van der Waals surface area contributed by atoms with Crippen LogP contribution in [0.15, 0.2) is 40.9 Å². The number of halogens is 3. The van der Waals surface area contributed by atoms with Gasteiger partial charge in [0.05, 0.1) is 10.9 Å². The Morgan fingerprint density at radius 1 is 1.11 bits per heavy atom. The standard InChI is InChI=1S/C14H11BrCl2O/c1-9-2-5-13(10(6-9)8-16)18-14-7-11(15)3-4-12(14)17/h2-7H,8H2,1H3. The molecule has 0 amide bonds. The van der Waals surface area contributed by atoms with Crippen molar-refractivity contribution in [3.8, 4) is 11.5 Å². The van der Waals surface area contributed by atoms with Gasteiger partial charge in [0.25, 0.3) is 0 Å². The third-order valence-corrected chi connectivity index (χ3v) is 3.57. The Morgan fingerprint density at radius 2 is 1.89 bits per heavy atom. The van der Waals surface area contributed by atoms with Crippen LogP contribution >= 0.6 is 39.1 Å². The van der Waals surface area contributed by atoms with Gasteiger partial charge in [-0.3, -0.25) is 0 Å². The molecule has 1 nitrogen and oxygen atoms in total. The van der Waals surface area contributed by atoms with Gasteiger partial charge in [0, 0.05) is 10.0 Å². The van der Waals surface area contributed by atoms with E-state index in [1.165, 1.54) is 0 Å². The molecule has 0 unspecified atom stereocenters. The molecular formula is C14H11BrCl2O. The van der Waals surface area contributed by atoms with Crippen LogP contribution in [0.5, 0.6) is 11.5 Å². The van der Waals surface area contributed by atoms with Crippen LogP contribution in [0.25, 0.3) is 0 Å². The summed E-state index contributed by atoms with van der Waals surface area (Å²) in [6, 6.07) is 11.4. The minimum absolute atomic E-state index is 0.405. The highest BCUT2D eigenvalue weighted by Gasteiger charge is 2.08. The van der Waals surface area contributed by atoms with Crippen molar-refractivity contribution in [2.75, 3.05) is 0 Å². The highest BCUT2D eigenvalue weighted by molar-refractivity contribution is 9.10. The molecule has 0 aliphatic heterocycles. The molecular weight excluding hydrogens is 335 g/mol. The van der Waals surface area contributed by atoms with Crippen molar-refractivity contribution in [3.63, 3.8) is 0 Å². The van der Waals surface area contributed by atoms with E-state index in [9.17, 15) is 0 Å². The molecule has 0 N–H and O–H groups in total. The molecule has 18 heavy (non-hydrogen) atoms. The first kappa shape index (κ1) is 13.7. The summed E-state index contributed by atoms with van der Waals surface area (Å²) in [5.41, 5.74) is 2.10. The van der Waals surface area contributed by atoms with Gasteiger partial charge in [-0.05, 0) is 31.2 Å². The Kier molecular flexibility index (Phi) is 4.55. The average molecular weight is 346 g/mol. The van der Waals surface area contributed by atoms with Crippen molar-refractivity contribution in [1.29, 1.82) is 0 Å². The normalized spacial score (nSPS) is 10.4. The van der Waals surface area contributed by atoms with Gasteiger partial charge in [0.1, 0.15) is 11.5 Å². The van der Waals surface area contributed by atoms with Crippen LogP contribution in [0.3, 0.4) is 0 Å². The van der Waals surface area contributed by atoms with E-state index < -0.39 is 0 Å². The fourth-order valence-corrected chi connectivity index (χ4v) is 2.29. The summed E-state index contributed by atoms with van der Waals surface area (Å²) >= 11 is 15.4. The maximum absolute atomic E-state index is 6.09. The van der Waals surface area contributed by atoms with E-state index in [2.05, 4.69) is 15.9 Å². The van der Waals surface area contributed by atoms with Crippen LogP contribution in [-0.4, -0.2) is 0 Å². The highest BCUT2D eigenvalue weighted by atomic mass is 79.9. The molecule has 2 aromatic carbocycles. The third-order valence-electron chi connectivity index (χ3n) is 2.47. The smallest absolute Gasteiger partial charge is 0.147 e. The maximum atomic E-state index is 6.09. The fraction of sp³-hybridized carbons (Fsp3) is 0.143. The molecule has 0 aliphatic rings. The second kappa shape index (κ2) is 5.96. The lowest BCUT2D eigenvalue weighted by molar-refractivity contribution is 0.478. The number of alkyl halides is 1. The van der Waals surface area contributed by atoms with E-state index in [-0.39, 0.29) is 0 Å². The van der Waals surface area contributed by atoms with Crippen LogP contribution < -0.4 is 4.74 Å². The minimum atomic E-state index is 0.405. The molecule has 0 fully saturated rings. The predicted octanol–water partition coefficient (Wildman–Crippen LogP) is 5.94. The molecule has 0 radical (unpaired) electrons. The van der Waals surface area contributed by atoms with Crippen molar-refractivity contribution in [3.05, 3.63) is 57.0 Å². The number of aryl methyl sites for hydroxylation is 1. The quantitative estimate of drug-likeness (QED) is 0.625. The second-order valence-corrected chi connectivity index (χ2v) is 5.51. The van der Waals surface area contributed by atoms with Crippen molar-refractivity contribution in [2.24, 2.45) is 0 Å². The molecule has 0 aliphatic carbocycles. The highest BCUT2D eigenvalue weighted by Crippen LogP contribution is 2.34. The molecule has 4 heteroatoms. The first-order valence-electron chi connectivity index (χ1n) is 5.38. The van der Waals surface area contributed by atoms with E-state index in [0.29, 0.717) is 16.7 Å². The lowest BCUT2D eigenvalue weighted by atomic mass is 10.1. The molecule has 0 bridgehead atoms. The molecule has 0 aromatic heterocycles. The first-order chi connectivity index (χ1) is 8.60. The summed E-state index contributed by atoms with van der Waals surface area (Å²) in [6.07, 6.45) is 0. The number of benzene rings is 2. The molecule has 0 spiro atoms. The molecule has 0 saturated carbocycles. The molecule has 2 aromatic rings. The molecule has 2 rings (SSSR count). The number of ether oxygens (including phenoxy) is 1. The topological polar surface area (TPSA) is 9.23 Å². The van der Waals surface area contributed by atoms with Gasteiger partial charge in [-0.15, -0.1) is 11.6 Å². The summed E-state index contributed by atoms with van der Waals surface area (Å²) < 4.78 is 6.74. The summed E-state index contributed by atoms with van der Waals surface area (Å²) in [6.45, 7) is 2.02. The van der Waals surface area contributed by atoms with Crippen LogP contribution in [0, 0.1) is 6.92 Å². The summed E-state index contributed by atoms with van der Waals surface area (Å²) in [5, 5.41) is 0.569. The molecule has 0 saturated heterocycles. The first-order valence-corrected chi connectivity index (χ1v) is 7.09. The van der Waals surface area contributed by atoms with Gasteiger partial charge >= 0.3 is 0 Å². The van der Waals surface area contributed by atoms with E-state index in [0.717, 1.165) is 21.3 Å². The maximum Gasteiger partial charge on any atom is 0.147 e. The van der Waals surface area contributed by atoms with Crippen LogP contribution in [0.1, 0.15) is 11.1 Å². The van der Waals surface area contributed by atoms with E-state index in [4.69, 9.17) is 27.9 Å². The van der Waals surface area contributed by atoms with E-state index >= 15 is 0 Å². The second-order valence-electron chi connectivity index (χ2n) is 3.92. The number of hydrogen-bond acceptors (Lipinski definition) is 1. The van der Waals surface area contributed by atoms with Gasteiger partial charge in [-0.2, -0.15) is 0 Å². The fourth-order valence-electron chi connectivity index (χ4n) is 1.59. The minimum Gasteiger partial charge on any atom is -0.455 e. The van der Waals surface area contributed by atoms with Crippen molar-refractivity contribution in [1.82, 2.24) is 0 Å². The lowest BCUT2D eigenvalue weighted by Crippen LogP contribution is -1.91. The van der Waals surface area contributed by atoms with Gasteiger partial charge in [0.2, 0.25) is 0 Å². The lowest BCUT2D eigenvalue weighted by Gasteiger charge is -2.11. The Morgan fingerprint density at radius 3 is 2.61 bits per heavy atom. The Hall–Kier alpha value is -0.700. The summed E-state index contributed by atoms with van der Waals surface area (Å²) in [7, 11) is 0. The van der Waals surface area contributed by atoms with E-state index in [1.807, 2.05) is 37.3 Å². The van der Waals surface area contributed by atoms with Crippen molar-refractivity contribution in [2.45, 2.75) is 12.8 Å². The van der Waals surface area contributed by atoms with Crippen molar-refractivity contribution < 1.29 is 4.74 Å². The SMILES string of the molecule is Cc1ccc(Oc2cc(Br)ccc2Cl)c(CCl)c1. The number of hydrogen-bond donors (Lipinski definition) is 0. The molecule has 94 valence electrons. The van der Waals surface area contributed by atoms with E-state index in [1.54, 1.807) is 6.07 Å². The predicted molar refractivity (Wildman–Crippen MR) is 80.0 cm³/mol. The van der Waals surface area contributed by atoms with Gasteiger partial charge < -0.3 is 4.74 Å². The van der Waals surface area contributed by atoms with Crippen LogP contribution in [0.4, 0.5) is 0 Å². The van der Waals surface area contributed by atoms with Gasteiger partial charge in [-0.1, -0.05) is 45.2 Å². The third kappa shape index (κ3) is 3.19. The Labute approximate surface area is 125 Å². The van der Waals surface area contributed by atoms with Crippen LogP contribution in [0.2, 0.25) is 5.02 Å². The average Bonchev–Trinajstić information content (AvgIpc) is 2.36. The van der Waals surface area contributed by atoms with Gasteiger partial charge in [-0.25, -0.2) is 0 Å². The zero-order valence-corrected chi connectivity index (χ0v) is 12.8. The molecule has 0 heterocycles. The number of rotatable bonds is 3. The summed E-state index contributed by atoms with van der Waals surface area (Å²) in [4.78, 5) is 0. The van der Waals surface area contributed by atoms with Crippen molar-refractivity contribution >= 4 is 39.1 Å².